The third kappa shape index (κ3) is 2.51. The maximum absolute atomic E-state index is 9.63. The van der Waals surface area contributed by atoms with Crippen LogP contribution in [0.5, 0.6) is 5.75 Å². The molecular formula is C13H18O2. The fraction of sp³-hybridized carbons (Fsp3) is 0.538. The maximum atomic E-state index is 9.63. The summed E-state index contributed by atoms with van der Waals surface area (Å²) >= 11 is 0. The minimum absolute atomic E-state index is 0.00234. The molecule has 0 unspecified atom stereocenters. The largest absolute Gasteiger partial charge is 0.488 e. The first-order valence-corrected chi connectivity index (χ1v) is 5.73. The highest BCUT2D eigenvalue weighted by Crippen LogP contribution is 2.24. The van der Waals surface area contributed by atoms with E-state index in [1.807, 2.05) is 12.1 Å². The van der Waals surface area contributed by atoms with E-state index >= 15 is 0 Å². The van der Waals surface area contributed by atoms with Gasteiger partial charge >= 0.3 is 0 Å². The van der Waals surface area contributed by atoms with E-state index in [1.165, 1.54) is 5.56 Å². The Morgan fingerprint density at radius 1 is 1.27 bits per heavy atom. The summed E-state index contributed by atoms with van der Waals surface area (Å²) in [6.07, 6.45) is 3.67. The minimum Gasteiger partial charge on any atom is -0.488 e. The molecule has 0 bridgehead atoms. The quantitative estimate of drug-likeness (QED) is 0.823. The van der Waals surface area contributed by atoms with Crippen LogP contribution in [-0.4, -0.2) is 17.3 Å². The Balaban J connectivity index is 1.98. The highest BCUT2D eigenvalue weighted by atomic mass is 16.5. The van der Waals surface area contributed by atoms with Crippen molar-refractivity contribution >= 4 is 0 Å². The first kappa shape index (κ1) is 10.5. The number of aryl methyl sites for hydroxylation is 1. The van der Waals surface area contributed by atoms with Crippen molar-refractivity contribution in [1.29, 1.82) is 0 Å². The SMILES string of the molecule is CCc1ccc(O[C@H]2CCC[C@@H]2O)cc1. The zero-order valence-electron chi connectivity index (χ0n) is 9.15. The van der Waals surface area contributed by atoms with Gasteiger partial charge in [0.1, 0.15) is 11.9 Å². The van der Waals surface area contributed by atoms with E-state index in [1.54, 1.807) is 0 Å². The second-order valence-corrected chi connectivity index (χ2v) is 4.15. The zero-order valence-corrected chi connectivity index (χ0v) is 9.15. The van der Waals surface area contributed by atoms with Gasteiger partial charge in [-0.3, -0.25) is 0 Å². The van der Waals surface area contributed by atoms with Gasteiger partial charge in [0.05, 0.1) is 6.10 Å². The molecule has 0 spiro atoms. The molecule has 2 atom stereocenters. The second kappa shape index (κ2) is 4.67. The predicted molar refractivity (Wildman–Crippen MR) is 60.1 cm³/mol. The van der Waals surface area contributed by atoms with E-state index in [0.717, 1.165) is 31.4 Å². The molecule has 1 aromatic rings. The monoisotopic (exact) mass is 206 g/mol. The van der Waals surface area contributed by atoms with Crippen molar-refractivity contribution in [1.82, 2.24) is 0 Å². The van der Waals surface area contributed by atoms with E-state index in [0.29, 0.717) is 0 Å². The van der Waals surface area contributed by atoms with Gasteiger partial charge in [-0.25, -0.2) is 0 Å². The summed E-state index contributed by atoms with van der Waals surface area (Å²) in [7, 11) is 0. The summed E-state index contributed by atoms with van der Waals surface area (Å²) in [4.78, 5) is 0. The van der Waals surface area contributed by atoms with Crippen molar-refractivity contribution in [3.8, 4) is 5.75 Å². The number of ether oxygens (including phenoxy) is 1. The molecule has 15 heavy (non-hydrogen) atoms. The van der Waals surface area contributed by atoms with Crippen molar-refractivity contribution in [3.05, 3.63) is 29.8 Å². The average molecular weight is 206 g/mol. The summed E-state index contributed by atoms with van der Waals surface area (Å²) in [5.41, 5.74) is 1.31. The second-order valence-electron chi connectivity index (χ2n) is 4.15. The first-order chi connectivity index (χ1) is 7.29. The average Bonchev–Trinajstić information content (AvgIpc) is 2.66. The maximum Gasteiger partial charge on any atom is 0.124 e. The Kier molecular flexibility index (Phi) is 3.27. The molecule has 0 amide bonds. The molecule has 1 saturated carbocycles. The highest BCUT2D eigenvalue weighted by molar-refractivity contribution is 5.27. The Bertz CT molecular complexity index is 305. The molecule has 0 saturated heterocycles. The summed E-state index contributed by atoms with van der Waals surface area (Å²) in [5.74, 6) is 0.873. The van der Waals surface area contributed by atoms with Gasteiger partial charge in [0.25, 0.3) is 0 Å². The fourth-order valence-electron chi connectivity index (χ4n) is 2.02. The standard InChI is InChI=1S/C13H18O2/c1-2-10-6-8-11(9-7-10)15-13-5-3-4-12(13)14/h6-9,12-14H,2-5H2,1H3/t12-,13-/m0/s1. The molecule has 1 aliphatic rings. The lowest BCUT2D eigenvalue weighted by Gasteiger charge is -2.17. The lowest BCUT2D eigenvalue weighted by atomic mass is 10.2. The third-order valence-electron chi connectivity index (χ3n) is 3.04. The van der Waals surface area contributed by atoms with Crippen LogP contribution in [0.1, 0.15) is 31.7 Å². The van der Waals surface area contributed by atoms with Gasteiger partial charge in [-0.2, -0.15) is 0 Å². The molecule has 1 N–H and O–H groups in total. The molecule has 2 rings (SSSR count). The van der Waals surface area contributed by atoms with Gasteiger partial charge in [-0.15, -0.1) is 0 Å². The van der Waals surface area contributed by atoms with Crippen LogP contribution in [0.15, 0.2) is 24.3 Å². The van der Waals surface area contributed by atoms with E-state index in [9.17, 15) is 5.11 Å². The van der Waals surface area contributed by atoms with E-state index in [-0.39, 0.29) is 12.2 Å². The third-order valence-corrected chi connectivity index (χ3v) is 3.04. The Labute approximate surface area is 90.9 Å². The molecular weight excluding hydrogens is 188 g/mol. The molecule has 0 aliphatic heterocycles. The number of rotatable bonds is 3. The molecule has 2 heteroatoms. The Morgan fingerprint density at radius 3 is 2.53 bits per heavy atom. The summed E-state index contributed by atoms with van der Waals surface area (Å²) in [6, 6.07) is 8.14. The van der Waals surface area contributed by atoms with Gasteiger partial charge in [0.2, 0.25) is 0 Å². The minimum atomic E-state index is -0.282. The number of aliphatic hydroxyl groups is 1. The summed E-state index contributed by atoms with van der Waals surface area (Å²) in [5, 5.41) is 9.63. The lowest BCUT2D eigenvalue weighted by Crippen LogP contribution is -2.25. The van der Waals surface area contributed by atoms with Crippen LogP contribution < -0.4 is 4.74 Å². The number of hydrogen-bond acceptors (Lipinski definition) is 2. The van der Waals surface area contributed by atoms with E-state index < -0.39 is 0 Å². The number of hydrogen-bond donors (Lipinski definition) is 1. The molecule has 1 fully saturated rings. The van der Waals surface area contributed by atoms with Crippen molar-refractivity contribution < 1.29 is 9.84 Å². The number of aliphatic hydroxyl groups excluding tert-OH is 1. The molecule has 1 aromatic carbocycles. The molecule has 0 aromatic heterocycles. The van der Waals surface area contributed by atoms with E-state index in [4.69, 9.17) is 4.74 Å². The van der Waals surface area contributed by atoms with Crippen LogP contribution >= 0.6 is 0 Å². The van der Waals surface area contributed by atoms with E-state index in [2.05, 4.69) is 19.1 Å². The smallest absolute Gasteiger partial charge is 0.124 e. The Morgan fingerprint density at radius 2 is 2.00 bits per heavy atom. The fourth-order valence-corrected chi connectivity index (χ4v) is 2.02. The van der Waals surface area contributed by atoms with Crippen LogP contribution in [0.3, 0.4) is 0 Å². The van der Waals surface area contributed by atoms with Gasteiger partial charge < -0.3 is 9.84 Å². The highest BCUT2D eigenvalue weighted by Gasteiger charge is 2.26. The normalized spacial score (nSPS) is 25.5. The van der Waals surface area contributed by atoms with Gasteiger partial charge in [0, 0.05) is 0 Å². The van der Waals surface area contributed by atoms with Crippen LogP contribution in [0, 0.1) is 0 Å². The van der Waals surface area contributed by atoms with Crippen molar-refractivity contribution in [2.45, 2.75) is 44.8 Å². The molecule has 1 aliphatic carbocycles. The van der Waals surface area contributed by atoms with Crippen LogP contribution in [0.4, 0.5) is 0 Å². The van der Waals surface area contributed by atoms with Crippen molar-refractivity contribution in [3.63, 3.8) is 0 Å². The van der Waals surface area contributed by atoms with Crippen LogP contribution in [0.2, 0.25) is 0 Å². The predicted octanol–water partition coefficient (Wildman–Crippen LogP) is 2.54. The van der Waals surface area contributed by atoms with Gasteiger partial charge in [-0.1, -0.05) is 19.1 Å². The Hall–Kier alpha value is -1.02. The lowest BCUT2D eigenvalue weighted by molar-refractivity contribution is 0.0604. The zero-order chi connectivity index (χ0) is 10.7. The molecule has 0 radical (unpaired) electrons. The van der Waals surface area contributed by atoms with Crippen molar-refractivity contribution in [2.75, 3.05) is 0 Å². The number of benzene rings is 1. The molecule has 2 nitrogen and oxygen atoms in total. The van der Waals surface area contributed by atoms with Crippen LogP contribution in [0.25, 0.3) is 0 Å². The first-order valence-electron chi connectivity index (χ1n) is 5.73. The molecule has 82 valence electrons. The van der Waals surface area contributed by atoms with Crippen molar-refractivity contribution in [2.24, 2.45) is 0 Å². The van der Waals surface area contributed by atoms with Crippen LogP contribution in [-0.2, 0) is 6.42 Å². The topological polar surface area (TPSA) is 29.5 Å². The molecule has 0 heterocycles. The van der Waals surface area contributed by atoms with Gasteiger partial charge in [0.15, 0.2) is 0 Å². The summed E-state index contributed by atoms with van der Waals surface area (Å²) < 4.78 is 5.74. The van der Waals surface area contributed by atoms with Gasteiger partial charge in [-0.05, 0) is 43.4 Å². The summed E-state index contributed by atoms with van der Waals surface area (Å²) in [6.45, 7) is 2.14.